The highest BCUT2D eigenvalue weighted by molar-refractivity contribution is 5.69. The van der Waals surface area contributed by atoms with E-state index >= 15 is 0 Å². The highest BCUT2D eigenvalue weighted by Gasteiger charge is 2.50. The molecule has 2 saturated heterocycles. The van der Waals surface area contributed by atoms with E-state index in [-0.39, 0.29) is 23.6 Å². The summed E-state index contributed by atoms with van der Waals surface area (Å²) in [4.78, 5) is 14.7. The van der Waals surface area contributed by atoms with Crippen LogP contribution in [0.15, 0.2) is 18.2 Å². The molecule has 154 valence electrons. The van der Waals surface area contributed by atoms with Crippen molar-refractivity contribution in [2.75, 3.05) is 37.8 Å². The van der Waals surface area contributed by atoms with E-state index in [2.05, 4.69) is 28.4 Å². The van der Waals surface area contributed by atoms with Gasteiger partial charge in [-0.2, -0.15) is 0 Å². The lowest BCUT2D eigenvalue weighted by atomic mass is 9.82. The second kappa shape index (κ2) is 7.12. The maximum Gasteiger partial charge on any atom is 0.407 e. The van der Waals surface area contributed by atoms with Gasteiger partial charge in [0.15, 0.2) is 0 Å². The number of carbonyl (C=O) groups is 1. The fourth-order valence-electron chi connectivity index (χ4n) is 4.42. The van der Waals surface area contributed by atoms with Gasteiger partial charge < -0.3 is 30.2 Å². The van der Waals surface area contributed by atoms with Gasteiger partial charge in [0.1, 0.15) is 18.0 Å². The third-order valence-corrected chi connectivity index (χ3v) is 5.82. The first kappa shape index (κ1) is 19.3. The van der Waals surface area contributed by atoms with Gasteiger partial charge in [-0.1, -0.05) is 6.07 Å². The second-order valence-corrected chi connectivity index (χ2v) is 9.31. The van der Waals surface area contributed by atoms with Crippen molar-refractivity contribution in [1.29, 1.82) is 0 Å². The minimum Gasteiger partial charge on any atom is -0.492 e. The van der Waals surface area contributed by atoms with Crippen molar-refractivity contribution in [3.63, 3.8) is 0 Å². The summed E-state index contributed by atoms with van der Waals surface area (Å²) in [6.45, 7) is 9.12. The Labute approximate surface area is 166 Å². The van der Waals surface area contributed by atoms with Crippen LogP contribution in [0.25, 0.3) is 0 Å². The van der Waals surface area contributed by atoms with Crippen LogP contribution in [0.1, 0.15) is 32.8 Å². The first-order valence-electron chi connectivity index (χ1n) is 10.1. The molecule has 2 unspecified atom stereocenters. The summed E-state index contributed by atoms with van der Waals surface area (Å²) in [5, 5.41) is 3.11. The number of fused-ring (bicyclic) bond motifs is 1. The molecule has 3 atom stereocenters. The molecule has 0 bridgehead atoms. The highest BCUT2D eigenvalue weighted by atomic mass is 16.6. The van der Waals surface area contributed by atoms with Crippen LogP contribution in [0, 0.1) is 5.41 Å². The highest BCUT2D eigenvalue weighted by Crippen LogP contribution is 2.41. The summed E-state index contributed by atoms with van der Waals surface area (Å²) in [6, 6.07) is 6.37. The molecule has 3 aliphatic rings. The number of hydrogen-bond acceptors (Lipinski definition) is 6. The van der Waals surface area contributed by atoms with E-state index in [9.17, 15) is 4.79 Å². The molecular formula is C21H31N3O4. The Morgan fingerprint density at radius 2 is 2.21 bits per heavy atom. The average Bonchev–Trinajstić information content (AvgIpc) is 3.21. The Hall–Kier alpha value is -1.99. The molecule has 3 N–H and O–H groups in total. The van der Waals surface area contributed by atoms with E-state index in [0.717, 1.165) is 49.5 Å². The summed E-state index contributed by atoms with van der Waals surface area (Å²) >= 11 is 0. The molecule has 0 aromatic heterocycles. The van der Waals surface area contributed by atoms with Gasteiger partial charge in [0.05, 0.1) is 12.6 Å². The summed E-state index contributed by atoms with van der Waals surface area (Å²) < 4.78 is 17.0. The maximum absolute atomic E-state index is 12.4. The summed E-state index contributed by atoms with van der Waals surface area (Å²) in [6.07, 6.45) is 1.41. The molecule has 0 saturated carbocycles. The van der Waals surface area contributed by atoms with E-state index in [1.165, 1.54) is 0 Å². The number of nitrogens with zero attached hydrogens (tertiary/aromatic N) is 1. The first-order chi connectivity index (χ1) is 13.2. The van der Waals surface area contributed by atoms with Crippen LogP contribution in [0.2, 0.25) is 0 Å². The zero-order valence-electron chi connectivity index (χ0n) is 17.0. The molecule has 7 nitrogen and oxygen atoms in total. The molecule has 4 rings (SSSR count). The van der Waals surface area contributed by atoms with Crippen LogP contribution in [-0.4, -0.2) is 56.7 Å². The number of nitrogens with one attached hydrogen (secondary N) is 1. The van der Waals surface area contributed by atoms with Crippen LogP contribution in [0.4, 0.5) is 10.5 Å². The summed E-state index contributed by atoms with van der Waals surface area (Å²) in [5.74, 6) is 0.916. The van der Waals surface area contributed by atoms with E-state index in [1.54, 1.807) is 0 Å². The van der Waals surface area contributed by atoms with Crippen molar-refractivity contribution in [3.8, 4) is 5.75 Å². The number of hydrogen-bond donors (Lipinski definition) is 2. The van der Waals surface area contributed by atoms with Gasteiger partial charge in [0, 0.05) is 42.9 Å². The number of benzene rings is 1. The summed E-state index contributed by atoms with van der Waals surface area (Å²) in [7, 11) is 0. The summed E-state index contributed by atoms with van der Waals surface area (Å²) in [5.41, 5.74) is 7.65. The molecular weight excluding hydrogens is 358 g/mol. The standard InChI is InChI=1S/C21H31N3O4/c1-20(2,3)28-19(25)23-18-10-24(12-21(18)6-7-26-13-21)16-5-4-14-8-15(22)11-27-17(14)9-16/h4-5,9,15,18H,6-8,10-13,22H2,1-3H3,(H,23,25)/t15-,18?,21?/m1/s1. The lowest BCUT2D eigenvalue weighted by Crippen LogP contribution is -2.49. The Balaban J connectivity index is 1.51. The number of rotatable bonds is 2. The smallest absolute Gasteiger partial charge is 0.407 e. The third-order valence-electron chi connectivity index (χ3n) is 5.82. The van der Waals surface area contributed by atoms with Gasteiger partial charge in [-0.25, -0.2) is 4.79 Å². The van der Waals surface area contributed by atoms with Crippen molar-refractivity contribution in [3.05, 3.63) is 23.8 Å². The number of alkyl carbamates (subject to hydrolysis) is 1. The van der Waals surface area contributed by atoms with E-state index in [4.69, 9.17) is 19.9 Å². The quantitative estimate of drug-likeness (QED) is 0.805. The predicted molar refractivity (Wildman–Crippen MR) is 107 cm³/mol. The van der Waals surface area contributed by atoms with Gasteiger partial charge in [-0.3, -0.25) is 0 Å². The molecule has 0 radical (unpaired) electrons. The number of anilines is 1. The van der Waals surface area contributed by atoms with E-state index in [0.29, 0.717) is 13.2 Å². The molecule has 0 aliphatic carbocycles. The van der Waals surface area contributed by atoms with Crippen LogP contribution in [0.3, 0.4) is 0 Å². The fraction of sp³-hybridized carbons (Fsp3) is 0.667. The van der Waals surface area contributed by atoms with Crippen LogP contribution >= 0.6 is 0 Å². The normalized spacial score (nSPS) is 29.5. The first-order valence-corrected chi connectivity index (χ1v) is 10.1. The van der Waals surface area contributed by atoms with E-state index in [1.807, 2.05) is 20.8 Å². The lowest BCUT2D eigenvalue weighted by molar-refractivity contribution is 0.0461. The van der Waals surface area contributed by atoms with Crippen LogP contribution in [-0.2, 0) is 15.9 Å². The molecule has 1 amide bonds. The van der Waals surface area contributed by atoms with Gasteiger partial charge in [-0.15, -0.1) is 0 Å². The molecule has 7 heteroatoms. The molecule has 1 spiro atoms. The predicted octanol–water partition coefficient (Wildman–Crippen LogP) is 2.07. The SMILES string of the molecule is CC(C)(C)OC(=O)NC1CN(c2ccc3c(c2)OC[C@H](N)C3)CC12CCOC2. The third kappa shape index (κ3) is 3.91. The molecule has 1 aromatic carbocycles. The van der Waals surface area contributed by atoms with Crippen molar-refractivity contribution in [1.82, 2.24) is 5.32 Å². The van der Waals surface area contributed by atoms with Crippen molar-refractivity contribution in [2.24, 2.45) is 11.1 Å². The minimum atomic E-state index is -0.515. The molecule has 3 aliphatic heterocycles. The largest absolute Gasteiger partial charge is 0.492 e. The van der Waals surface area contributed by atoms with E-state index < -0.39 is 5.60 Å². The maximum atomic E-state index is 12.4. The zero-order valence-corrected chi connectivity index (χ0v) is 17.0. The molecule has 2 fully saturated rings. The topological polar surface area (TPSA) is 86.0 Å². The number of ether oxygens (including phenoxy) is 3. The Bertz CT molecular complexity index is 740. The van der Waals surface area contributed by atoms with Crippen molar-refractivity contribution in [2.45, 2.75) is 51.3 Å². The van der Waals surface area contributed by atoms with Crippen LogP contribution < -0.4 is 20.7 Å². The average molecular weight is 389 g/mol. The molecule has 28 heavy (non-hydrogen) atoms. The monoisotopic (exact) mass is 389 g/mol. The van der Waals surface area contributed by atoms with Gasteiger partial charge >= 0.3 is 6.09 Å². The number of carbonyl (C=O) groups excluding carboxylic acids is 1. The Morgan fingerprint density at radius 3 is 2.93 bits per heavy atom. The molecule has 3 heterocycles. The molecule has 1 aromatic rings. The minimum absolute atomic E-state index is 0.0183. The van der Waals surface area contributed by atoms with Crippen LogP contribution in [0.5, 0.6) is 5.75 Å². The van der Waals surface area contributed by atoms with Gasteiger partial charge in [-0.05, 0) is 45.2 Å². The fourth-order valence-corrected chi connectivity index (χ4v) is 4.42. The van der Waals surface area contributed by atoms with Gasteiger partial charge in [0.25, 0.3) is 0 Å². The lowest BCUT2D eigenvalue weighted by Gasteiger charge is -2.29. The second-order valence-electron chi connectivity index (χ2n) is 9.31. The van der Waals surface area contributed by atoms with Crippen molar-refractivity contribution < 1.29 is 19.0 Å². The number of nitrogens with two attached hydrogens (primary N) is 1. The Morgan fingerprint density at radius 1 is 1.39 bits per heavy atom. The van der Waals surface area contributed by atoms with Crippen molar-refractivity contribution >= 4 is 11.8 Å². The number of amides is 1. The van der Waals surface area contributed by atoms with Gasteiger partial charge in [0.2, 0.25) is 0 Å². The Kier molecular flexibility index (Phi) is 4.91. The zero-order chi connectivity index (χ0) is 19.9.